The Kier molecular flexibility index (Phi) is 3.47. The molecule has 0 amide bonds. The molecule has 2 heterocycles. The number of fused-ring (bicyclic) bond motifs is 1. The van der Waals surface area contributed by atoms with Gasteiger partial charge in [-0.3, -0.25) is 0 Å². The van der Waals surface area contributed by atoms with Crippen molar-refractivity contribution < 1.29 is 9.90 Å². The number of likely N-dealkylation sites (N-methyl/N-ethyl adjacent to an activating group) is 1. The number of carboxylic acid groups (broad SMARTS) is 1. The molecule has 0 radical (unpaired) electrons. The van der Waals surface area contributed by atoms with Gasteiger partial charge >= 0.3 is 5.97 Å². The third-order valence-electron chi connectivity index (χ3n) is 2.99. The molecule has 0 aliphatic carbocycles. The summed E-state index contributed by atoms with van der Waals surface area (Å²) in [7, 11) is 1.76. The summed E-state index contributed by atoms with van der Waals surface area (Å²) in [6.45, 7) is 3.84. The Labute approximate surface area is 109 Å². The van der Waals surface area contributed by atoms with Crippen LogP contribution in [0.4, 0.5) is 5.82 Å². The summed E-state index contributed by atoms with van der Waals surface area (Å²) in [6, 6.07) is -0.564. The predicted molar refractivity (Wildman–Crippen MR) is 72.3 cm³/mol. The molecule has 1 N–H and O–H groups in total. The minimum absolute atomic E-state index is 0.529. The number of carbonyl (C=O) groups is 1. The van der Waals surface area contributed by atoms with E-state index in [9.17, 15) is 9.90 Å². The van der Waals surface area contributed by atoms with E-state index in [0.717, 1.165) is 15.8 Å². The summed E-state index contributed by atoms with van der Waals surface area (Å²) in [6.07, 6.45) is 2.02. The minimum atomic E-state index is -0.833. The molecule has 0 bridgehead atoms. The molecule has 96 valence electrons. The first-order chi connectivity index (χ1) is 8.56. The maximum Gasteiger partial charge on any atom is 0.326 e. The second kappa shape index (κ2) is 4.89. The lowest BCUT2D eigenvalue weighted by Crippen LogP contribution is -2.38. The highest BCUT2D eigenvalue weighted by Gasteiger charge is 2.23. The number of carboxylic acids is 1. The number of nitrogens with zero attached hydrogens (tertiary/aromatic N) is 3. The van der Waals surface area contributed by atoms with Crippen LogP contribution in [0.5, 0.6) is 0 Å². The van der Waals surface area contributed by atoms with Crippen LogP contribution in [0.1, 0.15) is 18.9 Å². The summed E-state index contributed by atoms with van der Waals surface area (Å²) >= 11 is 1.55. The van der Waals surface area contributed by atoms with Crippen LogP contribution in [0.2, 0.25) is 0 Å². The van der Waals surface area contributed by atoms with E-state index in [0.29, 0.717) is 12.2 Å². The number of hydrogen-bond acceptors (Lipinski definition) is 5. The Morgan fingerprint density at radius 3 is 2.89 bits per heavy atom. The molecule has 0 aromatic carbocycles. The van der Waals surface area contributed by atoms with Gasteiger partial charge in [-0.15, -0.1) is 11.3 Å². The van der Waals surface area contributed by atoms with Crippen molar-refractivity contribution in [3.8, 4) is 0 Å². The lowest BCUT2D eigenvalue weighted by Gasteiger charge is -2.24. The Morgan fingerprint density at radius 2 is 2.28 bits per heavy atom. The molecule has 2 aromatic rings. The highest BCUT2D eigenvalue weighted by atomic mass is 32.1. The zero-order valence-electron chi connectivity index (χ0n) is 10.5. The molecule has 2 aromatic heterocycles. The summed E-state index contributed by atoms with van der Waals surface area (Å²) < 4.78 is 0.942. The number of anilines is 1. The van der Waals surface area contributed by atoms with Gasteiger partial charge in [-0.2, -0.15) is 0 Å². The molecule has 0 aliphatic heterocycles. The van der Waals surface area contributed by atoms with E-state index in [-0.39, 0.29) is 0 Å². The van der Waals surface area contributed by atoms with Crippen LogP contribution in [0.3, 0.4) is 0 Å². The molecule has 0 saturated heterocycles. The van der Waals surface area contributed by atoms with Gasteiger partial charge in [0.1, 0.15) is 12.4 Å². The normalized spacial score (nSPS) is 12.6. The van der Waals surface area contributed by atoms with E-state index >= 15 is 0 Å². The molecule has 0 spiro atoms. The molecule has 5 nitrogen and oxygen atoms in total. The molecule has 0 aliphatic rings. The molecule has 2 rings (SSSR count). The van der Waals surface area contributed by atoms with Gasteiger partial charge in [0.25, 0.3) is 0 Å². The van der Waals surface area contributed by atoms with E-state index in [4.69, 9.17) is 0 Å². The van der Waals surface area contributed by atoms with Crippen LogP contribution in [0, 0.1) is 6.92 Å². The number of aromatic nitrogens is 2. The van der Waals surface area contributed by atoms with Crippen LogP contribution in [0.15, 0.2) is 11.7 Å². The van der Waals surface area contributed by atoms with Gasteiger partial charge in [-0.25, -0.2) is 14.8 Å². The summed E-state index contributed by atoms with van der Waals surface area (Å²) in [5.74, 6) is -0.146. The largest absolute Gasteiger partial charge is 0.480 e. The van der Waals surface area contributed by atoms with E-state index in [1.807, 2.05) is 19.2 Å². The maximum absolute atomic E-state index is 11.2. The first-order valence-electron chi connectivity index (χ1n) is 5.70. The Balaban J connectivity index is 2.50. The van der Waals surface area contributed by atoms with Gasteiger partial charge < -0.3 is 10.0 Å². The van der Waals surface area contributed by atoms with Gasteiger partial charge in [0.2, 0.25) is 0 Å². The molecular formula is C12H15N3O2S. The average molecular weight is 265 g/mol. The molecule has 6 heteroatoms. The lowest BCUT2D eigenvalue weighted by molar-refractivity contribution is -0.138. The van der Waals surface area contributed by atoms with Crippen molar-refractivity contribution in [3.63, 3.8) is 0 Å². The SMILES string of the molecule is CCC(C(=O)O)N(C)c1ncnc2c(C)csc12. The third kappa shape index (κ3) is 2.03. The quantitative estimate of drug-likeness (QED) is 0.918. The minimum Gasteiger partial charge on any atom is -0.480 e. The highest BCUT2D eigenvalue weighted by molar-refractivity contribution is 7.18. The van der Waals surface area contributed by atoms with Crippen molar-refractivity contribution in [2.75, 3.05) is 11.9 Å². The maximum atomic E-state index is 11.2. The molecule has 18 heavy (non-hydrogen) atoms. The zero-order chi connectivity index (χ0) is 13.3. The lowest BCUT2D eigenvalue weighted by atomic mass is 10.2. The van der Waals surface area contributed by atoms with Gasteiger partial charge in [0.05, 0.1) is 10.2 Å². The van der Waals surface area contributed by atoms with Crippen LogP contribution in [-0.2, 0) is 4.79 Å². The molecular weight excluding hydrogens is 250 g/mol. The topological polar surface area (TPSA) is 66.3 Å². The summed E-state index contributed by atoms with van der Waals surface area (Å²) in [5.41, 5.74) is 1.99. The fourth-order valence-corrected chi connectivity index (χ4v) is 3.00. The van der Waals surface area contributed by atoms with Gasteiger partial charge in [0, 0.05) is 7.05 Å². The van der Waals surface area contributed by atoms with Crippen molar-refractivity contribution in [1.29, 1.82) is 0 Å². The summed E-state index contributed by atoms with van der Waals surface area (Å²) in [4.78, 5) is 21.4. The standard InChI is InChI=1S/C12H15N3O2S/c1-4-8(12(16)17)15(3)11-10-9(13-6-14-11)7(2)5-18-10/h5-6,8H,4H2,1-3H3,(H,16,17). The molecule has 0 saturated carbocycles. The van der Waals surface area contributed by atoms with Gasteiger partial charge in [-0.05, 0) is 24.3 Å². The van der Waals surface area contributed by atoms with Gasteiger partial charge in [0.15, 0.2) is 5.82 Å². The number of aryl methyl sites for hydroxylation is 1. The summed E-state index contributed by atoms with van der Waals surface area (Å²) in [5, 5.41) is 11.2. The van der Waals surface area contributed by atoms with Crippen molar-refractivity contribution in [1.82, 2.24) is 9.97 Å². The number of hydrogen-bond donors (Lipinski definition) is 1. The number of aliphatic carboxylic acids is 1. The van der Waals surface area contributed by atoms with E-state index in [2.05, 4.69) is 9.97 Å². The van der Waals surface area contributed by atoms with E-state index < -0.39 is 12.0 Å². The van der Waals surface area contributed by atoms with Crippen molar-refractivity contribution >= 4 is 33.3 Å². The zero-order valence-corrected chi connectivity index (χ0v) is 11.4. The number of thiophene rings is 1. The Morgan fingerprint density at radius 1 is 1.56 bits per heavy atom. The van der Waals surface area contributed by atoms with Crippen molar-refractivity contribution in [3.05, 3.63) is 17.3 Å². The second-order valence-corrected chi connectivity index (χ2v) is 5.05. The Hall–Kier alpha value is -1.69. The fraction of sp³-hybridized carbons (Fsp3) is 0.417. The van der Waals surface area contributed by atoms with E-state index in [1.165, 1.54) is 6.33 Å². The van der Waals surface area contributed by atoms with Crippen LogP contribution >= 0.6 is 11.3 Å². The smallest absolute Gasteiger partial charge is 0.326 e. The van der Waals surface area contributed by atoms with Crippen molar-refractivity contribution in [2.45, 2.75) is 26.3 Å². The average Bonchev–Trinajstić information content (AvgIpc) is 2.71. The monoisotopic (exact) mass is 265 g/mol. The third-order valence-corrected chi connectivity index (χ3v) is 4.07. The van der Waals surface area contributed by atoms with Gasteiger partial charge in [-0.1, -0.05) is 6.92 Å². The van der Waals surface area contributed by atoms with Crippen LogP contribution in [0.25, 0.3) is 10.2 Å². The second-order valence-electron chi connectivity index (χ2n) is 4.17. The molecule has 1 atom stereocenters. The number of rotatable bonds is 4. The van der Waals surface area contributed by atoms with Crippen LogP contribution in [-0.4, -0.2) is 34.1 Å². The highest BCUT2D eigenvalue weighted by Crippen LogP contribution is 2.31. The fourth-order valence-electron chi connectivity index (χ4n) is 1.97. The first-order valence-corrected chi connectivity index (χ1v) is 6.58. The molecule has 1 unspecified atom stereocenters. The first kappa shape index (κ1) is 12.8. The Bertz CT molecular complexity index is 582. The molecule has 0 fully saturated rings. The van der Waals surface area contributed by atoms with Crippen molar-refractivity contribution in [2.24, 2.45) is 0 Å². The van der Waals surface area contributed by atoms with E-state index in [1.54, 1.807) is 23.3 Å². The van der Waals surface area contributed by atoms with Crippen LogP contribution < -0.4 is 4.90 Å². The predicted octanol–water partition coefficient (Wildman–Crippen LogP) is 2.30.